The summed E-state index contributed by atoms with van der Waals surface area (Å²) in [7, 11) is 0. The van der Waals surface area contributed by atoms with Crippen LogP contribution in [-0.4, -0.2) is 41.0 Å². The van der Waals surface area contributed by atoms with Crippen LogP contribution in [0, 0.1) is 0 Å². The summed E-state index contributed by atoms with van der Waals surface area (Å²) in [5.74, 6) is 0.807. The molecule has 3 heterocycles. The lowest BCUT2D eigenvalue weighted by molar-refractivity contribution is 0.0750. The van der Waals surface area contributed by atoms with Gasteiger partial charge < -0.3 is 4.90 Å². The van der Waals surface area contributed by atoms with E-state index in [1.165, 1.54) is 0 Å². The average Bonchev–Trinajstić information content (AvgIpc) is 3.29. The van der Waals surface area contributed by atoms with Crippen molar-refractivity contribution in [3.05, 3.63) is 65.0 Å². The third kappa shape index (κ3) is 3.55. The molecule has 1 amide bonds. The molecule has 0 bridgehead atoms. The number of hydrogen-bond acceptors (Lipinski definition) is 6. The number of amides is 1. The Kier molecular flexibility index (Phi) is 4.18. The molecule has 0 spiro atoms. The van der Waals surface area contributed by atoms with Gasteiger partial charge in [-0.1, -0.05) is 32.9 Å². The lowest BCUT2D eigenvalue weighted by Crippen LogP contribution is -2.25. The molecule has 8 heteroatoms. The van der Waals surface area contributed by atoms with E-state index < -0.39 is 0 Å². The zero-order valence-electron chi connectivity index (χ0n) is 15.6. The minimum absolute atomic E-state index is 0.000666. The first kappa shape index (κ1) is 17.3. The Morgan fingerprint density at radius 2 is 1.93 bits per heavy atom. The first-order valence-electron chi connectivity index (χ1n) is 8.84. The van der Waals surface area contributed by atoms with Gasteiger partial charge in [0, 0.05) is 29.3 Å². The SMILES string of the molecule is CC(C)(C)c1ncc2c(n1)CN(C(=O)c1ccc(Cn3cnnn3)cc1)C2. The van der Waals surface area contributed by atoms with Crippen LogP contribution in [0.3, 0.4) is 0 Å². The quantitative estimate of drug-likeness (QED) is 0.707. The molecular formula is C19H21N7O. The van der Waals surface area contributed by atoms with Gasteiger partial charge in [-0.2, -0.15) is 0 Å². The zero-order chi connectivity index (χ0) is 19.0. The fourth-order valence-electron chi connectivity index (χ4n) is 3.03. The lowest BCUT2D eigenvalue weighted by Gasteiger charge is -2.16. The van der Waals surface area contributed by atoms with Gasteiger partial charge in [0.25, 0.3) is 5.91 Å². The number of tetrazole rings is 1. The highest BCUT2D eigenvalue weighted by atomic mass is 16.2. The number of benzene rings is 1. The molecule has 1 aliphatic rings. The van der Waals surface area contributed by atoms with Crippen molar-refractivity contribution < 1.29 is 4.79 Å². The van der Waals surface area contributed by atoms with Crippen LogP contribution in [-0.2, 0) is 25.0 Å². The first-order valence-corrected chi connectivity index (χ1v) is 8.84. The summed E-state index contributed by atoms with van der Waals surface area (Å²) < 4.78 is 1.64. The minimum atomic E-state index is -0.109. The van der Waals surface area contributed by atoms with E-state index in [9.17, 15) is 4.79 Å². The lowest BCUT2D eigenvalue weighted by atomic mass is 9.95. The highest BCUT2D eigenvalue weighted by Crippen LogP contribution is 2.25. The fraction of sp³-hybridized carbons (Fsp3) is 0.368. The van der Waals surface area contributed by atoms with Gasteiger partial charge in [-0.25, -0.2) is 14.6 Å². The predicted molar refractivity (Wildman–Crippen MR) is 97.7 cm³/mol. The summed E-state index contributed by atoms with van der Waals surface area (Å²) in [6.45, 7) is 7.90. The highest BCUT2D eigenvalue weighted by Gasteiger charge is 2.28. The van der Waals surface area contributed by atoms with E-state index in [1.807, 2.05) is 35.4 Å². The molecular weight excluding hydrogens is 342 g/mol. The maximum atomic E-state index is 12.9. The summed E-state index contributed by atoms with van der Waals surface area (Å²) in [5.41, 5.74) is 3.55. The summed E-state index contributed by atoms with van der Waals surface area (Å²) in [5, 5.41) is 11.1. The highest BCUT2D eigenvalue weighted by molar-refractivity contribution is 5.94. The summed E-state index contributed by atoms with van der Waals surface area (Å²) in [6, 6.07) is 7.54. The van der Waals surface area contributed by atoms with E-state index in [0.29, 0.717) is 25.2 Å². The van der Waals surface area contributed by atoms with Gasteiger partial charge in [-0.15, -0.1) is 5.10 Å². The molecule has 27 heavy (non-hydrogen) atoms. The van der Waals surface area contributed by atoms with Crippen molar-refractivity contribution in [2.45, 2.75) is 45.8 Å². The van der Waals surface area contributed by atoms with E-state index in [4.69, 9.17) is 0 Å². The second-order valence-electron chi connectivity index (χ2n) is 7.78. The fourth-order valence-corrected chi connectivity index (χ4v) is 3.03. The molecule has 0 atom stereocenters. The molecule has 0 unspecified atom stereocenters. The number of carbonyl (C=O) groups excluding carboxylic acids is 1. The van der Waals surface area contributed by atoms with E-state index in [-0.39, 0.29) is 11.3 Å². The van der Waals surface area contributed by atoms with Gasteiger partial charge >= 0.3 is 0 Å². The Morgan fingerprint density at radius 1 is 1.15 bits per heavy atom. The molecule has 0 saturated carbocycles. The monoisotopic (exact) mass is 363 g/mol. The molecule has 2 aromatic heterocycles. The Morgan fingerprint density at radius 3 is 2.59 bits per heavy atom. The molecule has 8 nitrogen and oxygen atoms in total. The van der Waals surface area contributed by atoms with Crippen LogP contribution in [0.2, 0.25) is 0 Å². The van der Waals surface area contributed by atoms with Gasteiger partial charge in [0.15, 0.2) is 0 Å². The van der Waals surface area contributed by atoms with Crippen molar-refractivity contribution >= 4 is 5.91 Å². The van der Waals surface area contributed by atoms with Crippen molar-refractivity contribution in [2.24, 2.45) is 0 Å². The number of nitrogens with zero attached hydrogens (tertiary/aromatic N) is 7. The largest absolute Gasteiger partial charge is 0.328 e. The molecule has 4 rings (SSSR count). The van der Waals surface area contributed by atoms with Crippen LogP contribution < -0.4 is 0 Å². The molecule has 138 valence electrons. The topological polar surface area (TPSA) is 89.7 Å². The van der Waals surface area contributed by atoms with E-state index in [2.05, 4.69) is 46.3 Å². The first-order chi connectivity index (χ1) is 12.9. The molecule has 0 saturated heterocycles. The number of carbonyl (C=O) groups is 1. The van der Waals surface area contributed by atoms with Crippen molar-refractivity contribution in [3.8, 4) is 0 Å². The summed E-state index contributed by atoms with van der Waals surface area (Å²) in [6.07, 6.45) is 3.42. The van der Waals surface area contributed by atoms with Gasteiger partial charge in [-0.3, -0.25) is 4.79 Å². The normalized spacial score (nSPS) is 13.7. The Hall–Kier alpha value is -3.16. The van der Waals surface area contributed by atoms with Gasteiger partial charge in [0.1, 0.15) is 12.2 Å². The Balaban J connectivity index is 1.47. The molecule has 1 aromatic carbocycles. The van der Waals surface area contributed by atoms with Crippen LogP contribution >= 0.6 is 0 Å². The third-order valence-electron chi connectivity index (χ3n) is 4.55. The van der Waals surface area contributed by atoms with Gasteiger partial charge in [0.05, 0.1) is 18.8 Å². The van der Waals surface area contributed by atoms with Gasteiger partial charge in [0.2, 0.25) is 0 Å². The zero-order valence-corrected chi connectivity index (χ0v) is 15.6. The summed E-state index contributed by atoms with van der Waals surface area (Å²) in [4.78, 5) is 23.8. The Bertz CT molecular complexity index is 959. The van der Waals surface area contributed by atoms with Crippen LogP contribution in [0.25, 0.3) is 0 Å². The number of rotatable bonds is 3. The molecule has 0 fully saturated rings. The Labute approximate surface area is 157 Å². The second-order valence-corrected chi connectivity index (χ2v) is 7.78. The van der Waals surface area contributed by atoms with Crippen molar-refractivity contribution in [1.82, 2.24) is 35.1 Å². The number of hydrogen-bond donors (Lipinski definition) is 0. The van der Waals surface area contributed by atoms with Crippen molar-refractivity contribution in [1.29, 1.82) is 0 Å². The average molecular weight is 363 g/mol. The smallest absolute Gasteiger partial charge is 0.254 e. The van der Waals surface area contributed by atoms with Crippen LogP contribution in [0.5, 0.6) is 0 Å². The van der Waals surface area contributed by atoms with Crippen LogP contribution in [0.15, 0.2) is 36.8 Å². The predicted octanol–water partition coefficient (Wildman–Crippen LogP) is 1.96. The van der Waals surface area contributed by atoms with Gasteiger partial charge in [-0.05, 0) is 28.1 Å². The van der Waals surface area contributed by atoms with E-state index in [1.54, 1.807) is 11.0 Å². The third-order valence-corrected chi connectivity index (χ3v) is 4.55. The van der Waals surface area contributed by atoms with Crippen molar-refractivity contribution in [2.75, 3.05) is 0 Å². The van der Waals surface area contributed by atoms with Crippen LogP contribution in [0.1, 0.15) is 53.8 Å². The maximum absolute atomic E-state index is 12.9. The second kappa shape index (κ2) is 6.53. The maximum Gasteiger partial charge on any atom is 0.254 e. The minimum Gasteiger partial charge on any atom is -0.328 e. The summed E-state index contributed by atoms with van der Waals surface area (Å²) >= 11 is 0. The molecule has 3 aromatic rings. The van der Waals surface area contributed by atoms with Crippen molar-refractivity contribution in [3.63, 3.8) is 0 Å². The molecule has 0 aliphatic carbocycles. The number of aromatic nitrogens is 6. The molecule has 0 radical (unpaired) electrons. The molecule has 0 N–H and O–H groups in total. The van der Waals surface area contributed by atoms with Crippen LogP contribution in [0.4, 0.5) is 0 Å². The molecule has 1 aliphatic heterocycles. The van der Waals surface area contributed by atoms with E-state index in [0.717, 1.165) is 22.6 Å². The standard InChI is InChI=1S/C19H21N7O/c1-19(2,3)18-20-8-15-10-25(11-16(15)22-18)17(27)14-6-4-13(5-7-14)9-26-12-21-23-24-26/h4-8,12H,9-11H2,1-3H3. The number of fused-ring (bicyclic) bond motifs is 1. The van der Waals surface area contributed by atoms with E-state index >= 15 is 0 Å².